The summed E-state index contributed by atoms with van der Waals surface area (Å²) >= 11 is 3.36. The first-order valence-electron chi connectivity index (χ1n) is 6.73. The second-order valence-corrected chi connectivity index (χ2v) is 7.53. The van der Waals surface area contributed by atoms with E-state index in [2.05, 4.69) is 15.9 Å². The van der Waals surface area contributed by atoms with Crippen LogP contribution in [0.4, 0.5) is 0 Å². The SMILES string of the molecule is CCN(CC1CCC1)S(=O)(=O)c1ccc(CBr)cc1. The lowest BCUT2D eigenvalue weighted by atomic mass is 9.85. The maximum Gasteiger partial charge on any atom is 0.243 e. The Kier molecular flexibility index (Phi) is 5.03. The first kappa shape index (κ1) is 15.0. The zero-order valence-corrected chi connectivity index (χ0v) is 13.6. The summed E-state index contributed by atoms with van der Waals surface area (Å²) in [5, 5.41) is 0.743. The molecule has 0 unspecified atom stereocenters. The number of nitrogens with zero attached hydrogens (tertiary/aromatic N) is 1. The second-order valence-electron chi connectivity index (χ2n) is 5.03. The van der Waals surface area contributed by atoms with E-state index < -0.39 is 10.0 Å². The van der Waals surface area contributed by atoms with Crippen molar-refractivity contribution in [3.8, 4) is 0 Å². The van der Waals surface area contributed by atoms with Gasteiger partial charge in [0.05, 0.1) is 4.90 Å². The van der Waals surface area contributed by atoms with Crippen LogP contribution in [0.25, 0.3) is 0 Å². The van der Waals surface area contributed by atoms with Gasteiger partial charge in [-0.3, -0.25) is 0 Å². The third kappa shape index (κ3) is 3.38. The highest BCUT2D eigenvalue weighted by Gasteiger charge is 2.28. The van der Waals surface area contributed by atoms with E-state index in [4.69, 9.17) is 0 Å². The third-order valence-electron chi connectivity index (χ3n) is 3.75. The van der Waals surface area contributed by atoms with E-state index in [-0.39, 0.29) is 0 Å². The fraction of sp³-hybridized carbons (Fsp3) is 0.571. The summed E-state index contributed by atoms with van der Waals surface area (Å²) in [5.41, 5.74) is 1.08. The molecule has 5 heteroatoms. The molecule has 2 rings (SSSR count). The van der Waals surface area contributed by atoms with Gasteiger partial charge >= 0.3 is 0 Å². The summed E-state index contributed by atoms with van der Waals surface area (Å²) in [7, 11) is -3.33. The lowest BCUT2D eigenvalue weighted by molar-refractivity contribution is 0.250. The quantitative estimate of drug-likeness (QED) is 0.741. The molecule has 19 heavy (non-hydrogen) atoms. The summed E-state index contributed by atoms with van der Waals surface area (Å²) < 4.78 is 26.7. The third-order valence-corrected chi connectivity index (χ3v) is 6.36. The Balaban J connectivity index is 2.17. The zero-order chi connectivity index (χ0) is 13.9. The van der Waals surface area contributed by atoms with Crippen molar-refractivity contribution >= 4 is 26.0 Å². The highest BCUT2D eigenvalue weighted by molar-refractivity contribution is 9.08. The number of sulfonamides is 1. The van der Waals surface area contributed by atoms with Gasteiger partial charge in [0.2, 0.25) is 10.0 Å². The van der Waals surface area contributed by atoms with Gasteiger partial charge in [0.25, 0.3) is 0 Å². The predicted octanol–water partition coefficient (Wildman–Crippen LogP) is 3.39. The minimum atomic E-state index is -3.33. The number of rotatable bonds is 6. The standard InChI is InChI=1S/C14H20BrNO2S/c1-2-16(11-13-4-3-5-13)19(17,18)14-8-6-12(10-15)7-9-14/h6-9,13H,2-5,10-11H2,1H3. The topological polar surface area (TPSA) is 37.4 Å². The van der Waals surface area contributed by atoms with Crippen LogP contribution in [-0.4, -0.2) is 25.8 Å². The van der Waals surface area contributed by atoms with Crippen molar-refractivity contribution in [2.24, 2.45) is 5.92 Å². The molecule has 0 saturated heterocycles. The summed E-state index contributed by atoms with van der Waals surface area (Å²) in [6, 6.07) is 7.13. The molecule has 1 fully saturated rings. The number of halogens is 1. The monoisotopic (exact) mass is 345 g/mol. The summed E-state index contributed by atoms with van der Waals surface area (Å²) in [6.07, 6.45) is 3.56. The van der Waals surface area contributed by atoms with Crippen LogP contribution in [0.15, 0.2) is 29.2 Å². The van der Waals surface area contributed by atoms with E-state index >= 15 is 0 Å². The molecule has 1 aliphatic carbocycles. The number of benzene rings is 1. The molecule has 1 aromatic rings. The fourth-order valence-corrected chi connectivity index (χ4v) is 4.16. The molecule has 0 amide bonds. The highest BCUT2D eigenvalue weighted by atomic mass is 79.9. The average molecular weight is 346 g/mol. The van der Waals surface area contributed by atoms with Gasteiger partial charge in [-0.15, -0.1) is 0 Å². The molecule has 0 aromatic heterocycles. The Morgan fingerprint density at radius 2 is 1.89 bits per heavy atom. The average Bonchev–Trinajstić information content (AvgIpc) is 2.37. The maximum atomic E-state index is 12.6. The van der Waals surface area contributed by atoms with Crippen molar-refractivity contribution in [1.82, 2.24) is 4.31 Å². The van der Waals surface area contributed by atoms with Crippen LogP contribution in [0.5, 0.6) is 0 Å². The van der Waals surface area contributed by atoms with Crippen LogP contribution < -0.4 is 0 Å². The molecule has 1 aliphatic rings. The van der Waals surface area contributed by atoms with Gasteiger partial charge in [0, 0.05) is 18.4 Å². The van der Waals surface area contributed by atoms with E-state index in [1.165, 1.54) is 6.42 Å². The first-order chi connectivity index (χ1) is 9.07. The zero-order valence-electron chi connectivity index (χ0n) is 11.2. The van der Waals surface area contributed by atoms with Crippen LogP contribution in [0, 0.1) is 5.92 Å². The van der Waals surface area contributed by atoms with Crippen LogP contribution in [0.2, 0.25) is 0 Å². The van der Waals surface area contributed by atoms with Crippen LogP contribution in [0.1, 0.15) is 31.7 Å². The largest absolute Gasteiger partial charge is 0.243 e. The highest BCUT2D eigenvalue weighted by Crippen LogP contribution is 2.29. The maximum absolute atomic E-state index is 12.6. The van der Waals surface area contributed by atoms with Crippen LogP contribution >= 0.6 is 15.9 Å². The van der Waals surface area contributed by atoms with Crippen LogP contribution in [-0.2, 0) is 15.4 Å². The molecule has 0 N–H and O–H groups in total. The Bertz CT molecular complexity index is 509. The summed E-state index contributed by atoms with van der Waals surface area (Å²) in [4.78, 5) is 0.401. The van der Waals surface area contributed by atoms with Crippen molar-refractivity contribution in [3.63, 3.8) is 0 Å². The second kappa shape index (κ2) is 6.37. The Morgan fingerprint density at radius 1 is 1.26 bits per heavy atom. The number of hydrogen-bond donors (Lipinski definition) is 0. The van der Waals surface area contributed by atoms with E-state index in [1.807, 2.05) is 19.1 Å². The normalized spacial score (nSPS) is 16.6. The van der Waals surface area contributed by atoms with Crippen molar-refractivity contribution in [3.05, 3.63) is 29.8 Å². The van der Waals surface area contributed by atoms with Crippen molar-refractivity contribution in [2.45, 2.75) is 36.4 Å². The molecular weight excluding hydrogens is 326 g/mol. The van der Waals surface area contributed by atoms with Gasteiger partial charge in [0.1, 0.15) is 0 Å². The van der Waals surface area contributed by atoms with Gasteiger partial charge in [-0.1, -0.05) is 41.4 Å². The minimum Gasteiger partial charge on any atom is -0.207 e. The van der Waals surface area contributed by atoms with Gasteiger partial charge in [-0.05, 0) is 36.5 Å². The lowest BCUT2D eigenvalue weighted by Gasteiger charge is -2.31. The molecule has 0 bridgehead atoms. The predicted molar refractivity (Wildman–Crippen MR) is 80.8 cm³/mol. The number of alkyl halides is 1. The summed E-state index contributed by atoms with van der Waals surface area (Å²) in [6.45, 7) is 3.11. The fourth-order valence-electron chi connectivity index (χ4n) is 2.26. The molecule has 0 radical (unpaired) electrons. The number of hydrogen-bond acceptors (Lipinski definition) is 2. The molecule has 1 saturated carbocycles. The summed E-state index contributed by atoms with van der Waals surface area (Å²) in [5.74, 6) is 0.552. The Morgan fingerprint density at radius 3 is 2.32 bits per heavy atom. The molecule has 0 heterocycles. The van der Waals surface area contributed by atoms with Gasteiger partial charge in [-0.2, -0.15) is 4.31 Å². The van der Waals surface area contributed by atoms with Crippen LogP contribution in [0.3, 0.4) is 0 Å². The first-order valence-corrected chi connectivity index (χ1v) is 9.29. The molecule has 3 nitrogen and oxygen atoms in total. The van der Waals surface area contributed by atoms with Gasteiger partial charge < -0.3 is 0 Å². The van der Waals surface area contributed by atoms with Crippen molar-refractivity contribution in [2.75, 3.05) is 13.1 Å². The molecule has 0 spiro atoms. The molecule has 1 aromatic carbocycles. The van der Waals surface area contributed by atoms with Gasteiger partial charge in [0.15, 0.2) is 0 Å². The van der Waals surface area contributed by atoms with E-state index in [0.717, 1.165) is 23.7 Å². The Labute approximate surface area is 124 Å². The molecule has 106 valence electrons. The molecule has 0 atom stereocenters. The van der Waals surface area contributed by atoms with E-state index in [9.17, 15) is 8.42 Å². The Hall–Kier alpha value is -0.390. The lowest BCUT2D eigenvalue weighted by Crippen LogP contribution is -2.37. The smallest absolute Gasteiger partial charge is 0.207 e. The van der Waals surface area contributed by atoms with E-state index in [0.29, 0.717) is 23.9 Å². The van der Waals surface area contributed by atoms with Gasteiger partial charge in [-0.25, -0.2) is 8.42 Å². The molecular formula is C14H20BrNO2S. The van der Waals surface area contributed by atoms with E-state index in [1.54, 1.807) is 16.4 Å². The molecule has 0 aliphatic heterocycles. The minimum absolute atomic E-state index is 0.401. The van der Waals surface area contributed by atoms with Crippen molar-refractivity contribution in [1.29, 1.82) is 0 Å². The van der Waals surface area contributed by atoms with Crippen molar-refractivity contribution < 1.29 is 8.42 Å².